The predicted octanol–water partition coefficient (Wildman–Crippen LogP) is 4.87. The van der Waals surface area contributed by atoms with Crippen LogP contribution in [-0.4, -0.2) is 16.4 Å². The van der Waals surface area contributed by atoms with E-state index in [2.05, 4.69) is 47.1 Å². The summed E-state index contributed by atoms with van der Waals surface area (Å²) in [6.07, 6.45) is 3.31. The molecule has 0 saturated heterocycles. The topological polar surface area (TPSA) is 77.1 Å². The highest BCUT2D eigenvalue weighted by molar-refractivity contribution is 6.09. The van der Waals surface area contributed by atoms with Gasteiger partial charge in [-0.3, -0.25) is 9.59 Å². The molecule has 3 N–H and O–H groups in total. The van der Waals surface area contributed by atoms with Crippen molar-refractivity contribution in [2.24, 2.45) is 5.73 Å². The number of nitrogens with zero attached hydrogens (tertiary/aromatic N) is 1. The number of hydrogen-bond donors (Lipinski definition) is 2. The van der Waals surface area contributed by atoms with Crippen LogP contribution in [0.25, 0.3) is 27.9 Å². The molecule has 1 heterocycles. The monoisotopic (exact) mass is 397 g/mol. The van der Waals surface area contributed by atoms with Crippen LogP contribution < -0.4 is 11.1 Å². The van der Waals surface area contributed by atoms with E-state index in [1.54, 1.807) is 31.2 Å². The minimum absolute atomic E-state index is 0.239. The number of hydrogen-bond acceptors (Lipinski definition) is 2. The lowest BCUT2D eigenvalue weighted by molar-refractivity contribution is -0.111. The molecule has 0 spiro atoms. The van der Waals surface area contributed by atoms with Crippen LogP contribution in [0.5, 0.6) is 0 Å². The van der Waals surface area contributed by atoms with E-state index in [0.717, 1.165) is 17.7 Å². The average Bonchev–Trinajstić information content (AvgIpc) is 3.05. The number of nitrogens with two attached hydrogens (primary N) is 1. The highest BCUT2D eigenvalue weighted by Gasteiger charge is 2.09. The van der Waals surface area contributed by atoms with Gasteiger partial charge in [0.15, 0.2) is 0 Å². The quantitative estimate of drug-likeness (QED) is 0.471. The van der Waals surface area contributed by atoms with E-state index < -0.39 is 5.91 Å². The van der Waals surface area contributed by atoms with Crippen LogP contribution in [-0.2, 0) is 11.3 Å². The van der Waals surface area contributed by atoms with Crippen molar-refractivity contribution >= 4 is 45.4 Å². The smallest absolute Gasteiger partial charge is 0.248 e. The Kier molecular flexibility index (Phi) is 5.11. The first-order valence-corrected chi connectivity index (χ1v) is 9.88. The van der Waals surface area contributed by atoms with Crippen molar-refractivity contribution in [1.82, 2.24) is 4.57 Å². The van der Waals surface area contributed by atoms with Crippen LogP contribution in [0.15, 0.2) is 66.7 Å². The SMILES string of the molecule is CCn1c2ccccc2c2cc(/C=C/C(=O)Nc3ccc(C(N)=O)c(C)c3)ccc21. The van der Waals surface area contributed by atoms with Gasteiger partial charge >= 0.3 is 0 Å². The van der Waals surface area contributed by atoms with Crippen molar-refractivity contribution in [3.63, 3.8) is 0 Å². The molecule has 2 amide bonds. The molecule has 0 saturated carbocycles. The summed E-state index contributed by atoms with van der Waals surface area (Å²) in [5.74, 6) is -0.720. The molecule has 4 rings (SSSR count). The molecule has 0 unspecified atom stereocenters. The van der Waals surface area contributed by atoms with Gasteiger partial charge in [-0.2, -0.15) is 0 Å². The summed E-state index contributed by atoms with van der Waals surface area (Å²) >= 11 is 0. The molecule has 30 heavy (non-hydrogen) atoms. The number of nitrogens with one attached hydrogen (secondary N) is 1. The fourth-order valence-corrected chi connectivity index (χ4v) is 3.89. The van der Waals surface area contributed by atoms with Gasteiger partial charge in [0, 0.05) is 45.7 Å². The second kappa shape index (κ2) is 7.87. The lowest BCUT2D eigenvalue weighted by atomic mass is 10.1. The van der Waals surface area contributed by atoms with E-state index >= 15 is 0 Å². The lowest BCUT2D eigenvalue weighted by Crippen LogP contribution is -2.13. The highest BCUT2D eigenvalue weighted by Crippen LogP contribution is 2.30. The van der Waals surface area contributed by atoms with Crippen molar-refractivity contribution in [2.45, 2.75) is 20.4 Å². The maximum absolute atomic E-state index is 12.3. The zero-order valence-corrected chi connectivity index (χ0v) is 17.0. The zero-order valence-electron chi connectivity index (χ0n) is 17.0. The van der Waals surface area contributed by atoms with Crippen LogP contribution >= 0.6 is 0 Å². The number of para-hydroxylation sites is 1. The number of primary amides is 1. The fourth-order valence-electron chi connectivity index (χ4n) is 3.89. The van der Waals surface area contributed by atoms with Gasteiger partial charge in [0.05, 0.1) is 0 Å². The van der Waals surface area contributed by atoms with E-state index in [0.29, 0.717) is 11.3 Å². The number of benzene rings is 3. The largest absolute Gasteiger partial charge is 0.366 e. The first-order chi connectivity index (χ1) is 14.5. The Morgan fingerprint density at radius 2 is 1.77 bits per heavy atom. The summed E-state index contributed by atoms with van der Waals surface area (Å²) in [7, 11) is 0. The third-order valence-electron chi connectivity index (χ3n) is 5.30. The number of amides is 2. The fraction of sp³-hybridized carbons (Fsp3) is 0.120. The molecular weight excluding hydrogens is 374 g/mol. The number of aromatic nitrogens is 1. The molecule has 5 nitrogen and oxygen atoms in total. The van der Waals surface area contributed by atoms with Gasteiger partial charge in [0.2, 0.25) is 11.8 Å². The second-order valence-electron chi connectivity index (χ2n) is 7.25. The van der Waals surface area contributed by atoms with Gasteiger partial charge < -0.3 is 15.6 Å². The molecule has 0 fully saturated rings. The van der Waals surface area contributed by atoms with Crippen LogP contribution in [0.4, 0.5) is 5.69 Å². The zero-order chi connectivity index (χ0) is 21.3. The van der Waals surface area contributed by atoms with E-state index in [-0.39, 0.29) is 5.91 Å². The third-order valence-corrected chi connectivity index (χ3v) is 5.30. The van der Waals surface area contributed by atoms with Crippen LogP contribution in [0.3, 0.4) is 0 Å². The Bertz CT molecular complexity index is 1310. The van der Waals surface area contributed by atoms with Crippen LogP contribution in [0.2, 0.25) is 0 Å². The summed E-state index contributed by atoms with van der Waals surface area (Å²) in [4.78, 5) is 23.7. The molecule has 0 atom stereocenters. The van der Waals surface area contributed by atoms with E-state index in [1.165, 1.54) is 27.9 Å². The number of carbonyl (C=O) groups is 2. The molecule has 0 bridgehead atoms. The predicted molar refractivity (Wildman–Crippen MR) is 122 cm³/mol. The summed E-state index contributed by atoms with van der Waals surface area (Å²) < 4.78 is 2.29. The summed E-state index contributed by atoms with van der Waals surface area (Å²) in [5.41, 5.74) is 10.5. The Morgan fingerprint density at radius 1 is 1.00 bits per heavy atom. The Morgan fingerprint density at radius 3 is 2.50 bits per heavy atom. The normalized spacial score (nSPS) is 11.4. The number of anilines is 1. The minimum atomic E-state index is -0.481. The maximum atomic E-state index is 12.3. The molecule has 0 aliphatic rings. The second-order valence-corrected chi connectivity index (χ2v) is 7.25. The number of rotatable bonds is 5. The van der Waals surface area contributed by atoms with Gasteiger partial charge in [0.1, 0.15) is 0 Å². The van der Waals surface area contributed by atoms with Crippen molar-refractivity contribution < 1.29 is 9.59 Å². The van der Waals surface area contributed by atoms with Crippen molar-refractivity contribution in [3.05, 3.63) is 83.4 Å². The molecule has 4 aromatic rings. The van der Waals surface area contributed by atoms with Crippen LogP contribution in [0, 0.1) is 6.92 Å². The van der Waals surface area contributed by atoms with E-state index in [9.17, 15) is 9.59 Å². The molecule has 150 valence electrons. The van der Waals surface area contributed by atoms with Crippen molar-refractivity contribution in [2.75, 3.05) is 5.32 Å². The molecule has 3 aromatic carbocycles. The maximum Gasteiger partial charge on any atom is 0.248 e. The molecule has 1 aromatic heterocycles. The molecular formula is C25H23N3O2. The minimum Gasteiger partial charge on any atom is -0.366 e. The molecule has 0 aliphatic carbocycles. The van der Waals surface area contributed by atoms with Gasteiger partial charge in [-0.15, -0.1) is 0 Å². The standard InChI is InChI=1S/C25H23N3O2/c1-3-28-22-7-5-4-6-20(22)21-15-17(8-12-23(21)28)9-13-24(29)27-18-10-11-19(25(26)30)16(2)14-18/h4-15H,3H2,1-2H3,(H2,26,30)(H,27,29)/b13-9+. The summed E-state index contributed by atoms with van der Waals surface area (Å²) in [6.45, 7) is 4.82. The molecule has 0 aliphatic heterocycles. The first kappa shape index (κ1) is 19.5. The summed E-state index contributed by atoms with van der Waals surface area (Å²) in [6, 6.07) is 19.6. The Balaban J connectivity index is 1.58. The third kappa shape index (κ3) is 3.57. The van der Waals surface area contributed by atoms with Crippen molar-refractivity contribution in [3.8, 4) is 0 Å². The van der Waals surface area contributed by atoms with Crippen LogP contribution in [0.1, 0.15) is 28.4 Å². The summed E-state index contributed by atoms with van der Waals surface area (Å²) in [5, 5.41) is 5.20. The number of aryl methyl sites for hydroxylation is 2. The van der Waals surface area contributed by atoms with E-state index in [1.807, 2.05) is 12.1 Å². The van der Waals surface area contributed by atoms with E-state index in [4.69, 9.17) is 5.73 Å². The number of fused-ring (bicyclic) bond motifs is 3. The first-order valence-electron chi connectivity index (χ1n) is 9.88. The highest BCUT2D eigenvalue weighted by atomic mass is 16.1. The van der Waals surface area contributed by atoms with Gasteiger partial charge in [0.25, 0.3) is 0 Å². The van der Waals surface area contributed by atoms with Gasteiger partial charge in [-0.1, -0.05) is 24.3 Å². The molecule has 0 radical (unpaired) electrons. The van der Waals surface area contributed by atoms with Crippen molar-refractivity contribution in [1.29, 1.82) is 0 Å². The molecule has 5 heteroatoms. The lowest BCUT2D eigenvalue weighted by Gasteiger charge is -2.06. The average molecular weight is 397 g/mol. The van der Waals surface area contributed by atoms with Gasteiger partial charge in [-0.05, 0) is 67.4 Å². The number of carbonyl (C=O) groups excluding carboxylic acids is 2. The Hall–Kier alpha value is -3.86. The Labute approximate surface area is 174 Å². The van der Waals surface area contributed by atoms with Gasteiger partial charge in [-0.25, -0.2) is 0 Å².